The zero-order valence-corrected chi connectivity index (χ0v) is 24.4. The number of anilines is 1. The van der Waals surface area contributed by atoms with Crippen LogP contribution < -0.4 is 10.5 Å². The Morgan fingerprint density at radius 3 is 2.46 bits per heavy atom. The number of fused-ring (bicyclic) bond motifs is 1. The van der Waals surface area contributed by atoms with Gasteiger partial charge >= 0.3 is 0 Å². The van der Waals surface area contributed by atoms with Crippen LogP contribution in [0.5, 0.6) is 0 Å². The summed E-state index contributed by atoms with van der Waals surface area (Å²) in [7, 11) is 0. The number of hydrogen-bond donors (Lipinski definition) is 1. The number of aromatic nitrogens is 5. The summed E-state index contributed by atoms with van der Waals surface area (Å²) in [5.74, 6) is 0.682. The molecule has 0 unspecified atom stereocenters. The van der Waals surface area contributed by atoms with Gasteiger partial charge in [0.25, 0.3) is 5.56 Å². The maximum absolute atomic E-state index is 13.7. The Labute approximate surface area is 244 Å². The molecule has 0 radical (unpaired) electrons. The molecule has 9 heteroatoms. The summed E-state index contributed by atoms with van der Waals surface area (Å²) < 4.78 is 1.86. The Balaban J connectivity index is 1.37. The quantitative estimate of drug-likeness (QED) is 0.289. The number of tetrazole rings is 1. The first-order valence-corrected chi connectivity index (χ1v) is 14.4. The van der Waals surface area contributed by atoms with E-state index >= 15 is 0 Å². The van der Waals surface area contributed by atoms with Crippen LogP contribution in [0.1, 0.15) is 39.7 Å². The summed E-state index contributed by atoms with van der Waals surface area (Å²) in [4.78, 5) is 21.6. The molecule has 5 aromatic rings. The zero-order chi connectivity index (χ0) is 28.5. The first-order chi connectivity index (χ1) is 19.9. The van der Waals surface area contributed by atoms with Crippen LogP contribution in [0, 0.1) is 20.8 Å². The van der Waals surface area contributed by atoms with E-state index < -0.39 is 6.04 Å². The minimum absolute atomic E-state index is 0.109. The summed E-state index contributed by atoms with van der Waals surface area (Å²) in [6.45, 7) is 9.92. The molecule has 3 heterocycles. The van der Waals surface area contributed by atoms with Gasteiger partial charge in [-0.1, -0.05) is 60.1 Å². The number of rotatable bonds is 7. The van der Waals surface area contributed by atoms with Crippen LogP contribution in [0.4, 0.5) is 5.69 Å². The molecule has 1 fully saturated rings. The van der Waals surface area contributed by atoms with Crippen molar-refractivity contribution in [1.29, 1.82) is 0 Å². The molecule has 1 N–H and O–H groups in total. The molecule has 0 spiro atoms. The highest BCUT2D eigenvalue weighted by molar-refractivity contribution is 6.30. The van der Waals surface area contributed by atoms with E-state index in [1.54, 1.807) is 0 Å². The highest BCUT2D eigenvalue weighted by atomic mass is 35.5. The Morgan fingerprint density at radius 2 is 1.68 bits per heavy atom. The Hall–Kier alpha value is -4.01. The predicted molar refractivity (Wildman–Crippen MR) is 164 cm³/mol. The average molecular weight is 568 g/mol. The number of piperazine rings is 1. The molecule has 1 aliphatic rings. The third-order valence-electron chi connectivity index (χ3n) is 8.32. The number of aryl methyl sites for hydroxylation is 5. The lowest BCUT2D eigenvalue weighted by atomic mass is 9.99. The fraction of sp³-hybridized carbons (Fsp3) is 0.312. The first kappa shape index (κ1) is 27.2. The highest BCUT2D eigenvalue weighted by Gasteiger charge is 2.33. The molecule has 1 aliphatic heterocycles. The van der Waals surface area contributed by atoms with Crippen LogP contribution in [-0.4, -0.2) is 56.3 Å². The van der Waals surface area contributed by atoms with Crippen LogP contribution >= 0.6 is 11.6 Å². The van der Waals surface area contributed by atoms with Crippen LogP contribution in [0.25, 0.3) is 10.9 Å². The van der Waals surface area contributed by atoms with E-state index in [1.165, 1.54) is 11.1 Å². The van der Waals surface area contributed by atoms with Crippen LogP contribution in [0.3, 0.4) is 0 Å². The van der Waals surface area contributed by atoms with E-state index in [2.05, 4.69) is 74.5 Å². The van der Waals surface area contributed by atoms with Gasteiger partial charge in [0.2, 0.25) is 0 Å². The lowest BCUT2D eigenvalue weighted by Crippen LogP contribution is -2.49. The number of aromatic amines is 1. The number of pyridine rings is 1. The van der Waals surface area contributed by atoms with Crippen molar-refractivity contribution in [2.75, 3.05) is 31.1 Å². The predicted octanol–water partition coefficient (Wildman–Crippen LogP) is 5.25. The molecule has 210 valence electrons. The molecular weight excluding hydrogens is 534 g/mol. The van der Waals surface area contributed by atoms with E-state index in [0.717, 1.165) is 65.3 Å². The van der Waals surface area contributed by atoms with Crippen molar-refractivity contribution in [3.8, 4) is 0 Å². The van der Waals surface area contributed by atoms with Crippen molar-refractivity contribution in [3.05, 3.63) is 116 Å². The van der Waals surface area contributed by atoms with Gasteiger partial charge in [0, 0.05) is 49.0 Å². The minimum atomic E-state index is -0.391. The summed E-state index contributed by atoms with van der Waals surface area (Å²) in [5, 5.41) is 14.7. The van der Waals surface area contributed by atoms with E-state index in [4.69, 9.17) is 11.6 Å². The van der Waals surface area contributed by atoms with E-state index in [9.17, 15) is 4.79 Å². The number of halogens is 1. The second kappa shape index (κ2) is 11.5. The Bertz CT molecular complexity index is 1740. The molecule has 6 rings (SSSR count). The lowest BCUT2D eigenvalue weighted by molar-refractivity contribution is 0.199. The van der Waals surface area contributed by atoms with Gasteiger partial charge in [0.15, 0.2) is 5.82 Å². The fourth-order valence-electron chi connectivity index (χ4n) is 5.83. The largest absolute Gasteiger partial charge is 0.369 e. The van der Waals surface area contributed by atoms with Crippen molar-refractivity contribution < 1.29 is 0 Å². The fourth-order valence-corrected chi connectivity index (χ4v) is 6.00. The van der Waals surface area contributed by atoms with Gasteiger partial charge in [-0.25, -0.2) is 4.68 Å². The lowest BCUT2D eigenvalue weighted by Gasteiger charge is -2.40. The molecule has 2 aromatic heterocycles. The zero-order valence-electron chi connectivity index (χ0n) is 23.6. The molecule has 0 bridgehead atoms. The molecule has 0 saturated carbocycles. The second-order valence-corrected chi connectivity index (χ2v) is 11.3. The summed E-state index contributed by atoms with van der Waals surface area (Å²) in [6, 6.07) is 22.1. The minimum Gasteiger partial charge on any atom is -0.369 e. The molecule has 1 saturated heterocycles. The van der Waals surface area contributed by atoms with Gasteiger partial charge in [-0.2, -0.15) is 0 Å². The maximum Gasteiger partial charge on any atom is 0.253 e. The number of nitrogens with one attached hydrogen (secondary N) is 1. The van der Waals surface area contributed by atoms with Crippen molar-refractivity contribution in [2.45, 2.75) is 39.8 Å². The van der Waals surface area contributed by atoms with Gasteiger partial charge in [-0.3, -0.25) is 9.69 Å². The second-order valence-electron chi connectivity index (χ2n) is 10.9. The third kappa shape index (κ3) is 5.49. The molecule has 1 atom stereocenters. The van der Waals surface area contributed by atoms with Crippen molar-refractivity contribution >= 4 is 28.2 Å². The number of nitrogens with zero attached hydrogens (tertiary/aromatic N) is 6. The van der Waals surface area contributed by atoms with Crippen LogP contribution in [0.2, 0.25) is 5.02 Å². The molecule has 41 heavy (non-hydrogen) atoms. The monoisotopic (exact) mass is 567 g/mol. The normalized spacial score (nSPS) is 15.0. The molecule has 0 amide bonds. The number of hydrogen-bond acceptors (Lipinski definition) is 6. The molecule has 3 aromatic carbocycles. The first-order valence-electron chi connectivity index (χ1n) is 14.1. The van der Waals surface area contributed by atoms with Crippen LogP contribution in [0.15, 0.2) is 71.5 Å². The van der Waals surface area contributed by atoms with Gasteiger partial charge in [0.05, 0.1) is 5.52 Å². The summed E-state index contributed by atoms with van der Waals surface area (Å²) in [5.41, 5.74) is 7.21. The number of H-pyrrole nitrogens is 1. The van der Waals surface area contributed by atoms with Gasteiger partial charge in [0.1, 0.15) is 6.04 Å². The molecular formula is C32H34ClN7O. The summed E-state index contributed by atoms with van der Waals surface area (Å²) >= 11 is 6.34. The van der Waals surface area contributed by atoms with E-state index in [0.29, 0.717) is 17.9 Å². The third-order valence-corrected chi connectivity index (χ3v) is 8.56. The topological polar surface area (TPSA) is 82.9 Å². The molecule has 0 aliphatic carbocycles. The summed E-state index contributed by atoms with van der Waals surface area (Å²) in [6.07, 6.45) is 0.792. The van der Waals surface area contributed by atoms with Crippen LogP contribution in [-0.2, 0) is 13.0 Å². The molecule has 8 nitrogen and oxygen atoms in total. The SMILES string of the molecule is Cc1ccc(Cl)cc1N1CCN([C@H](c2cc3ccc(C)c(C)c3[nH]c2=O)c2nnnn2CCc2ccccc2)CC1. The van der Waals surface area contributed by atoms with Gasteiger partial charge in [-0.05, 0) is 83.5 Å². The van der Waals surface area contributed by atoms with Crippen molar-refractivity contribution in [3.63, 3.8) is 0 Å². The Kier molecular flexibility index (Phi) is 7.60. The average Bonchev–Trinajstić information content (AvgIpc) is 3.45. The van der Waals surface area contributed by atoms with Crippen molar-refractivity contribution in [1.82, 2.24) is 30.1 Å². The smallest absolute Gasteiger partial charge is 0.253 e. The maximum atomic E-state index is 13.7. The highest BCUT2D eigenvalue weighted by Crippen LogP contribution is 2.31. The van der Waals surface area contributed by atoms with Crippen molar-refractivity contribution in [2.24, 2.45) is 0 Å². The van der Waals surface area contributed by atoms with E-state index in [1.807, 2.05) is 48.0 Å². The Morgan fingerprint density at radius 1 is 0.927 bits per heavy atom. The van der Waals surface area contributed by atoms with E-state index in [-0.39, 0.29) is 5.56 Å². The van der Waals surface area contributed by atoms with Gasteiger partial charge in [-0.15, -0.1) is 5.10 Å². The number of benzene rings is 3. The standard InChI is InChI=1S/C32H34ClN7O/c1-21-9-11-25-19-27(32(41)34-29(25)23(21)3)30(31-35-36-37-40(31)14-13-24-7-5-4-6-8-24)39-17-15-38(16-18-39)28-20-26(33)12-10-22(28)2/h4-12,19-20,30H,13-18H2,1-3H3,(H,34,41)/t30-/m1/s1. The van der Waals surface area contributed by atoms with Gasteiger partial charge < -0.3 is 9.88 Å².